The van der Waals surface area contributed by atoms with E-state index in [0.29, 0.717) is 8.55 Å². The maximum Gasteiger partial charge on any atom is 0.277 e. The van der Waals surface area contributed by atoms with Gasteiger partial charge < -0.3 is 0 Å². The second-order valence-corrected chi connectivity index (χ2v) is 12.6. The molecular weight excluding hydrogens is 183 g/mol. The summed E-state index contributed by atoms with van der Waals surface area (Å²) in [5, 5.41) is 0. The third-order valence-corrected chi connectivity index (χ3v) is 9.08. The lowest BCUT2D eigenvalue weighted by molar-refractivity contribution is 0.604. The van der Waals surface area contributed by atoms with Crippen LogP contribution in [-0.2, 0) is 0 Å². The molecule has 0 aromatic rings. The largest absolute Gasteiger partial charge is 0.277 e. The molecule has 0 bridgehead atoms. The average molecular weight is 210 g/mol. The molecule has 0 N–H and O–H groups in total. The minimum atomic E-state index is -0.663. The van der Waals surface area contributed by atoms with Gasteiger partial charge in [0.2, 0.25) is 0 Å². The van der Waals surface area contributed by atoms with E-state index in [2.05, 4.69) is 41.5 Å². The Morgan fingerprint density at radius 2 is 1.14 bits per heavy atom. The zero-order valence-corrected chi connectivity index (χ0v) is 12.1. The van der Waals surface area contributed by atoms with E-state index in [0.717, 1.165) is 4.78 Å². The van der Waals surface area contributed by atoms with Crippen LogP contribution in [-0.4, -0.2) is 14.1 Å². The van der Waals surface area contributed by atoms with Crippen LogP contribution in [0.2, 0.25) is 13.3 Å². The fourth-order valence-electron chi connectivity index (χ4n) is 4.00. The van der Waals surface area contributed by atoms with Crippen LogP contribution in [0.1, 0.15) is 67.2 Å². The average Bonchev–Trinajstić information content (AvgIpc) is 2.31. The van der Waals surface area contributed by atoms with Crippen molar-refractivity contribution >= 4 is 14.1 Å². The third kappa shape index (κ3) is 3.01. The Morgan fingerprint density at radius 3 is 1.43 bits per heavy atom. The molecule has 0 aliphatic heterocycles. The van der Waals surface area contributed by atoms with Crippen LogP contribution < -0.4 is 0 Å². The van der Waals surface area contributed by atoms with Crippen molar-refractivity contribution in [1.82, 2.24) is 0 Å². The Morgan fingerprint density at radius 1 is 0.786 bits per heavy atom. The maximum absolute atomic E-state index is 2.48. The van der Waals surface area contributed by atoms with Crippen molar-refractivity contribution in [3.63, 3.8) is 0 Å². The van der Waals surface area contributed by atoms with E-state index < -0.39 is 14.1 Å². The Balaban J connectivity index is 2.82. The van der Waals surface area contributed by atoms with Gasteiger partial charge >= 0.3 is 0 Å². The minimum absolute atomic E-state index is 0.604. The molecule has 14 heavy (non-hydrogen) atoms. The topological polar surface area (TPSA) is 0 Å². The van der Waals surface area contributed by atoms with Gasteiger partial charge in [0.15, 0.2) is 0 Å². The van der Waals surface area contributed by atoms with E-state index in [-0.39, 0.29) is 0 Å². The van der Waals surface area contributed by atoms with Gasteiger partial charge in [0.1, 0.15) is 0 Å². The van der Waals surface area contributed by atoms with Gasteiger partial charge in [-0.25, -0.2) is 0 Å². The van der Waals surface area contributed by atoms with E-state index >= 15 is 0 Å². The summed E-state index contributed by atoms with van der Waals surface area (Å²) in [6.07, 6.45) is 6.07. The second kappa shape index (κ2) is 4.19. The Kier molecular flexibility index (Phi) is 3.77. The summed E-state index contributed by atoms with van der Waals surface area (Å²) in [5.41, 5.74) is 0. The molecule has 1 aliphatic rings. The molecule has 1 heteroatoms. The van der Waals surface area contributed by atoms with Crippen molar-refractivity contribution in [2.75, 3.05) is 0 Å². The Labute approximate surface area is 94.9 Å². The summed E-state index contributed by atoms with van der Waals surface area (Å²) < 4.78 is 2.33. The predicted octanol–water partition coefficient (Wildman–Crippen LogP) is 5.03. The smallest absolute Gasteiger partial charge is 0.0813 e. The van der Waals surface area contributed by atoms with Crippen molar-refractivity contribution in [3.8, 4) is 0 Å². The highest BCUT2D eigenvalue weighted by Crippen LogP contribution is 2.52. The summed E-state index contributed by atoms with van der Waals surface area (Å²) in [7, 11) is 0. The van der Waals surface area contributed by atoms with Crippen molar-refractivity contribution < 1.29 is 0 Å². The van der Waals surface area contributed by atoms with Gasteiger partial charge in [-0.05, 0) is 0 Å². The lowest BCUT2D eigenvalue weighted by Crippen LogP contribution is -2.38. The zero-order chi connectivity index (χ0) is 11.0. The van der Waals surface area contributed by atoms with Crippen LogP contribution in [0.3, 0.4) is 0 Å². The molecule has 82 valence electrons. The van der Waals surface area contributed by atoms with Crippen molar-refractivity contribution in [1.29, 1.82) is 0 Å². The first-order chi connectivity index (χ1) is 6.23. The van der Waals surface area contributed by atoms with E-state index in [4.69, 9.17) is 0 Å². The lowest BCUT2D eigenvalue weighted by atomic mass is 10.2. The zero-order valence-electron chi connectivity index (χ0n) is 11.0. The van der Waals surface area contributed by atoms with Gasteiger partial charge in [0, 0.05) is 0 Å². The quantitative estimate of drug-likeness (QED) is 0.533. The lowest BCUT2D eigenvalue weighted by Gasteiger charge is -2.40. The molecule has 0 atom stereocenters. The normalized spacial score (nSPS) is 20.1. The van der Waals surface area contributed by atoms with Gasteiger partial charge in [-0.2, -0.15) is 0 Å². The molecule has 0 unspecified atom stereocenters. The molecule has 0 radical (unpaired) electrons. The van der Waals surface area contributed by atoms with E-state index in [9.17, 15) is 0 Å². The SMILES string of the molecule is C[C](C)(C)[Al]([CH]1CCCC1)[C](C)(C)C. The molecule has 1 rings (SSSR count). The standard InChI is InChI=1S/C5H9.2C4H9.Al/c1-2-4-5-3-1;2*1-4(2)3;/h1H,2-5H2;2*1-3H3;. The van der Waals surface area contributed by atoms with Gasteiger partial charge in [-0.3, -0.25) is 0 Å². The summed E-state index contributed by atoms with van der Waals surface area (Å²) in [4.78, 5) is 0. The molecule has 1 fully saturated rings. The van der Waals surface area contributed by atoms with Crippen LogP contribution in [0.5, 0.6) is 0 Å². The van der Waals surface area contributed by atoms with Gasteiger partial charge in [-0.15, -0.1) is 0 Å². The van der Waals surface area contributed by atoms with Crippen LogP contribution in [0.15, 0.2) is 0 Å². The molecule has 0 heterocycles. The molecule has 0 aromatic heterocycles. The molecule has 1 saturated carbocycles. The van der Waals surface area contributed by atoms with Crippen LogP contribution >= 0.6 is 0 Å². The van der Waals surface area contributed by atoms with Crippen LogP contribution in [0.25, 0.3) is 0 Å². The monoisotopic (exact) mass is 210 g/mol. The van der Waals surface area contributed by atoms with E-state index in [1.165, 1.54) is 25.7 Å². The number of hydrogen-bond acceptors (Lipinski definition) is 0. The number of rotatable bonds is 1. The number of hydrogen-bond donors (Lipinski definition) is 0. The van der Waals surface area contributed by atoms with Gasteiger partial charge in [0.05, 0.1) is 0 Å². The molecule has 0 saturated heterocycles. The fourth-order valence-corrected chi connectivity index (χ4v) is 10.6. The molecule has 0 nitrogen and oxygen atoms in total. The fraction of sp³-hybridized carbons (Fsp3) is 1.00. The highest BCUT2D eigenvalue weighted by Gasteiger charge is 2.46. The predicted molar refractivity (Wildman–Crippen MR) is 67.4 cm³/mol. The highest BCUT2D eigenvalue weighted by molar-refractivity contribution is 6.66. The molecule has 0 amide bonds. The van der Waals surface area contributed by atoms with Crippen molar-refractivity contribution in [2.45, 2.75) is 80.6 Å². The molecular formula is C13H27Al. The highest BCUT2D eigenvalue weighted by atomic mass is 27.2. The first kappa shape index (κ1) is 12.6. The first-order valence-corrected chi connectivity index (χ1v) is 8.05. The van der Waals surface area contributed by atoms with E-state index in [1.54, 1.807) is 0 Å². The molecule has 0 spiro atoms. The summed E-state index contributed by atoms with van der Waals surface area (Å²) in [6.45, 7) is 14.9. The minimum Gasteiger partial charge on any atom is -0.0813 e. The van der Waals surface area contributed by atoms with Gasteiger partial charge in [0.25, 0.3) is 14.1 Å². The first-order valence-electron chi connectivity index (χ1n) is 6.23. The van der Waals surface area contributed by atoms with E-state index in [1.807, 2.05) is 0 Å². The van der Waals surface area contributed by atoms with Crippen LogP contribution in [0.4, 0.5) is 0 Å². The summed E-state index contributed by atoms with van der Waals surface area (Å²) >= 11 is -0.663. The molecule has 0 aromatic carbocycles. The Hall–Kier alpha value is 0.532. The third-order valence-electron chi connectivity index (χ3n) is 3.74. The van der Waals surface area contributed by atoms with Crippen molar-refractivity contribution in [2.24, 2.45) is 0 Å². The second-order valence-electron chi connectivity index (χ2n) is 7.25. The summed E-state index contributed by atoms with van der Waals surface area (Å²) in [6, 6.07) is 0. The van der Waals surface area contributed by atoms with Crippen LogP contribution in [0, 0.1) is 0 Å². The maximum atomic E-state index is 2.48. The van der Waals surface area contributed by atoms with Gasteiger partial charge in [-0.1, -0.05) is 80.6 Å². The molecule has 1 aliphatic carbocycles. The summed E-state index contributed by atoms with van der Waals surface area (Å²) in [5.74, 6) is 0. The van der Waals surface area contributed by atoms with Crippen molar-refractivity contribution in [3.05, 3.63) is 0 Å². The Bertz CT molecular complexity index is 162.